The summed E-state index contributed by atoms with van der Waals surface area (Å²) in [7, 11) is 3.13. The van der Waals surface area contributed by atoms with Crippen molar-refractivity contribution in [2.45, 2.75) is 31.3 Å². The maximum atomic E-state index is 13.1. The van der Waals surface area contributed by atoms with Gasteiger partial charge in [-0.25, -0.2) is 10.9 Å². The second kappa shape index (κ2) is 9.97. The van der Waals surface area contributed by atoms with Gasteiger partial charge < -0.3 is 19.7 Å². The number of hydrogen-bond donors (Lipinski definition) is 3. The number of rotatable bonds is 6. The Labute approximate surface area is 187 Å². The number of aromatic nitrogens is 1. The van der Waals surface area contributed by atoms with Crippen molar-refractivity contribution in [1.29, 1.82) is 0 Å². The van der Waals surface area contributed by atoms with Gasteiger partial charge in [0.15, 0.2) is 0 Å². The highest BCUT2D eigenvalue weighted by molar-refractivity contribution is 5.95. The maximum Gasteiger partial charge on any atom is 0.241 e. The summed E-state index contributed by atoms with van der Waals surface area (Å²) < 4.78 is 10.6. The lowest BCUT2D eigenvalue weighted by atomic mass is 9.95. The lowest BCUT2D eigenvalue weighted by Gasteiger charge is -2.33. The molecule has 3 N–H and O–H groups in total. The molecule has 4 rings (SSSR count). The number of pyridine rings is 1. The molecule has 32 heavy (non-hydrogen) atoms. The summed E-state index contributed by atoms with van der Waals surface area (Å²) in [5.41, 5.74) is 7.97. The average molecular weight is 440 g/mol. The minimum Gasteiger partial charge on any atom is -0.497 e. The van der Waals surface area contributed by atoms with E-state index in [9.17, 15) is 9.59 Å². The van der Waals surface area contributed by atoms with Crippen molar-refractivity contribution in [3.63, 3.8) is 0 Å². The molecular formula is C23H29N5O4. The number of likely N-dealkylation sites (tertiary alicyclic amines) is 1. The van der Waals surface area contributed by atoms with E-state index in [0.717, 1.165) is 18.4 Å². The fourth-order valence-electron chi connectivity index (χ4n) is 4.29. The molecule has 0 radical (unpaired) electrons. The first-order valence-electron chi connectivity index (χ1n) is 10.8. The Morgan fingerprint density at radius 2 is 1.94 bits per heavy atom. The Morgan fingerprint density at radius 1 is 1.12 bits per heavy atom. The molecule has 2 aliphatic heterocycles. The topological polar surface area (TPSA) is 105 Å². The number of anilines is 1. The van der Waals surface area contributed by atoms with Gasteiger partial charge >= 0.3 is 0 Å². The summed E-state index contributed by atoms with van der Waals surface area (Å²) in [6.45, 7) is 1.05. The number of hydrogen-bond acceptors (Lipinski definition) is 7. The smallest absolute Gasteiger partial charge is 0.241 e. The lowest BCUT2D eigenvalue weighted by molar-refractivity contribution is -0.136. The van der Waals surface area contributed by atoms with Crippen LogP contribution in [0.3, 0.4) is 0 Å². The zero-order valence-corrected chi connectivity index (χ0v) is 18.3. The van der Waals surface area contributed by atoms with E-state index in [1.807, 2.05) is 12.1 Å². The fourth-order valence-corrected chi connectivity index (χ4v) is 4.29. The molecule has 2 amide bonds. The van der Waals surface area contributed by atoms with E-state index in [2.05, 4.69) is 21.2 Å². The van der Waals surface area contributed by atoms with Gasteiger partial charge in [-0.1, -0.05) is 0 Å². The molecule has 2 fully saturated rings. The fraction of sp³-hybridized carbons (Fsp3) is 0.435. The van der Waals surface area contributed by atoms with Gasteiger partial charge in [-0.2, -0.15) is 0 Å². The van der Waals surface area contributed by atoms with Gasteiger partial charge in [-0.15, -0.1) is 0 Å². The minimum atomic E-state index is -0.326. The number of nitrogens with zero attached hydrogens (tertiary/aromatic N) is 2. The third kappa shape index (κ3) is 4.84. The summed E-state index contributed by atoms with van der Waals surface area (Å²) in [6.07, 6.45) is 5.66. The Hall–Kier alpha value is -3.17. The largest absolute Gasteiger partial charge is 0.497 e. The molecule has 2 aromatic rings. The molecular weight excluding hydrogens is 410 g/mol. The number of carbonyl (C=O) groups is 2. The standard InChI is InChI=1S/C23H29N5O4/c1-31-17-5-6-21(32-2)19(12-17)25-22(29)16-4-3-11-28(14-16)23(30)20-13-18(26-27-20)15-7-9-24-10-8-15/h5-10,12,16,18,20,26-27H,3-4,11,13-14H2,1-2H3,(H,25,29). The summed E-state index contributed by atoms with van der Waals surface area (Å²) in [6, 6.07) is 8.88. The number of ether oxygens (including phenoxy) is 2. The quantitative estimate of drug-likeness (QED) is 0.631. The predicted octanol–water partition coefficient (Wildman–Crippen LogP) is 1.88. The van der Waals surface area contributed by atoms with Crippen molar-refractivity contribution in [2.75, 3.05) is 32.6 Å². The molecule has 0 saturated carbocycles. The highest BCUT2D eigenvalue weighted by Gasteiger charge is 2.36. The Kier molecular flexibility index (Phi) is 6.87. The van der Waals surface area contributed by atoms with Gasteiger partial charge in [0.2, 0.25) is 11.8 Å². The van der Waals surface area contributed by atoms with Crippen LogP contribution in [0.2, 0.25) is 0 Å². The summed E-state index contributed by atoms with van der Waals surface area (Å²) in [5, 5.41) is 2.95. The molecule has 3 heterocycles. The monoisotopic (exact) mass is 439 g/mol. The van der Waals surface area contributed by atoms with Crippen LogP contribution in [0, 0.1) is 5.92 Å². The molecule has 9 heteroatoms. The maximum absolute atomic E-state index is 13.1. The van der Waals surface area contributed by atoms with Gasteiger partial charge in [0.25, 0.3) is 0 Å². The van der Waals surface area contributed by atoms with E-state index in [1.54, 1.807) is 49.7 Å². The number of amides is 2. The number of benzene rings is 1. The van der Waals surface area contributed by atoms with Gasteiger partial charge in [0.1, 0.15) is 17.5 Å². The van der Waals surface area contributed by atoms with E-state index in [-0.39, 0.29) is 29.8 Å². The van der Waals surface area contributed by atoms with Gasteiger partial charge in [-0.05, 0) is 49.1 Å². The van der Waals surface area contributed by atoms with E-state index in [1.165, 1.54) is 0 Å². The van der Waals surface area contributed by atoms with Gasteiger partial charge in [-0.3, -0.25) is 14.6 Å². The molecule has 170 valence electrons. The summed E-state index contributed by atoms with van der Waals surface area (Å²) >= 11 is 0. The van der Waals surface area contributed by atoms with Crippen LogP contribution < -0.4 is 25.6 Å². The second-order valence-electron chi connectivity index (χ2n) is 8.09. The van der Waals surface area contributed by atoms with Crippen molar-refractivity contribution < 1.29 is 19.1 Å². The van der Waals surface area contributed by atoms with Crippen LogP contribution in [0.1, 0.15) is 30.9 Å². The average Bonchev–Trinajstić information content (AvgIpc) is 3.34. The van der Waals surface area contributed by atoms with Gasteiger partial charge in [0.05, 0.1) is 25.8 Å². The summed E-state index contributed by atoms with van der Waals surface area (Å²) in [5.74, 6) is 0.803. The van der Waals surface area contributed by atoms with Crippen molar-refractivity contribution in [2.24, 2.45) is 5.92 Å². The first-order valence-corrected chi connectivity index (χ1v) is 10.8. The first-order chi connectivity index (χ1) is 15.6. The molecule has 3 atom stereocenters. The van der Waals surface area contributed by atoms with E-state index in [4.69, 9.17) is 9.47 Å². The molecule has 1 aromatic heterocycles. The number of nitrogens with one attached hydrogen (secondary N) is 3. The van der Waals surface area contributed by atoms with E-state index in [0.29, 0.717) is 36.7 Å². The summed E-state index contributed by atoms with van der Waals surface area (Å²) in [4.78, 5) is 32.0. The van der Waals surface area contributed by atoms with Crippen LogP contribution >= 0.6 is 0 Å². The third-order valence-corrected chi connectivity index (χ3v) is 6.08. The van der Waals surface area contributed by atoms with Crippen LogP contribution in [0.5, 0.6) is 11.5 Å². The van der Waals surface area contributed by atoms with Crippen LogP contribution in [-0.2, 0) is 9.59 Å². The van der Waals surface area contributed by atoms with Crippen molar-refractivity contribution in [3.05, 3.63) is 48.3 Å². The number of carbonyl (C=O) groups excluding carboxylic acids is 2. The third-order valence-electron chi connectivity index (χ3n) is 6.08. The van der Waals surface area contributed by atoms with Crippen molar-refractivity contribution >= 4 is 17.5 Å². The highest BCUT2D eigenvalue weighted by Crippen LogP contribution is 2.30. The Bertz CT molecular complexity index is 955. The predicted molar refractivity (Wildman–Crippen MR) is 119 cm³/mol. The Balaban J connectivity index is 1.37. The molecule has 0 spiro atoms. The highest BCUT2D eigenvalue weighted by atomic mass is 16.5. The molecule has 0 bridgehead atoms. The normalized spacial score (nSPS) is 22.9. The van der Waals surface area contributed by atoms with E-state index < -0.39 is 0 Å². The number of methoxy groups -OCH3 is 2. The van der Waals surface area contributed by atoms with Crippen molar-refractivity contribution in [3.8, 4) is 11.5 Å². The minimum absolute atomic E-state index is 0.0190. The van der Waals surface area contributed by atoms with Crippen LogP contribution in [0.25, 0.3) is 0 Å². The van der Waals surface area contributed by atoms with Gasteiger partial charge in [0, 0.05) is 37.6 Å². The SMILES string of the molecule is COc1ccc(OC)c(NC(=O)C2CCCN(C(=O)C3CC(c4ccncc4)NN3)C2)c1. The molecule has 1 aromatic carbocycles. The second-order valence-corrected chi connectivity index (χ2v) is 8.09. The molecule has 3 unspecified atom stereocenters. The zero-order valence-electron chi connectivity index (χ0n) is 18.3. The molecule has 0 aliphatic carbocycles. The molecule has 2 aliphatic rings. The van der Waals surface area contributed by atoms with Crippen LogP contribution in [0.15, 0.2) is 42.7 Å². The first kappa shape index (κ1) is 22.0. The lowest BCUT2D eigenvalue weighted by Crippen LogP contribution is -2.50. The molecule has 9 nitrogen and oxygen atoms in total. The zero-order chi connectivity index (χ0) is 22.5. The molecule has 2 saturated heterocycles. The van der Waals surface area contributed by atoms with Crippen LogP contribution in [-0.4, -0.2) is 55.0 Å². The van der Waals surface area contributed by atoms with E-state index >= 15 is 0 Å². The Morgan fingerprint density at radius 3 is 2.69 bits per heavy atom. The van der Waals surface area contributed by atoms with Crippen molar-refractivity contribution in [1.82, 2.24) is 20.7 Å². The van der Waals surface area contributed by atoms with Crippen LogP contribution in [0.4, 0.5) is 5.69 Å². The number of piperidine rings is 1. The number of hydrazine groups is 1.